The largest absolute Gasteiger partial charge is 0.444 e. The molecule has 2 aromatic heterocycles. The Morgan fingerprint density at radius 2 is 2.17 bits per heavy atom. The Labute approximate surface area is 149 Å². The third kappa shape index (κ3) is 3.75. The number of carbonyl (C=O) groups excluding carboxylic acids is 1. The van der Waals surface area contributed by atoms with Crippen LogP contribution < -0.4 is 0 Å². The lowest BCUT2D eigenvalue weighted by Gasteiger charge is -2.27. The van der Waals surface area contributed by atoms with E-state index in [1.807, 2.05) is 32.9 Å². The fraction of sp³-hybridized carbons (Fsp3) is 0.500. The number of imidazole rings is 1. The molecule has 2 aromatic rings. The Balaban J connectivity index is 1.78. The monoisotopic (exact) mass is 393 g/mol. The van der Waals surface area contributed by atoms with Crippen LogP contribution in [0.1, 0.15) is 45.5 Å². The maximum atomic E-state index is 12.4. The molecule has 1 aliphatic heterocycles. The molecular formula is C16H20BrN5O2. The van der Waals surface area contributed by atoms with E-state index in [1.165, 1.54) is 0 Å². The van der Waals surface area contributed by atoms with E-state index in [9.17, 15) is 4.79 Å². The van der Waals surface area contributed by atoms with Gasteiger partial charge in [0.1, 0.15) is 21.7 Å². The summed E-state index contributed by atoms with van der Waals surface area (Å²) in [5.41, 5.74) is 0.978. The summed E-state index contributed by atoms with van der Waals surface area (Å²) in [5.74, 6) is 0.748. The lowest BCUT2D eigenvalue weighted by Crippen LogP contribution is -2.36. The molecule has 7 nitrogen and oxygen atoms in total. The summed E-state index contributed by atoms with van der Waals surface area (Å²) in [6.45, 7) is 6.28. The standard InChI is InChI=1S/C16H20BrN5O2/c1-16(2,3)24-15(23)22-8-4-5-12(22)14-18-9-11(19-14)10-6-7-13(17)21-20-10/h6-7,9,12H,4-5,8H2,1-3H3,(H,18,19)/t12-/m0/s1. The number of rotatable bonds is 2. The van der Waals surface area contributed by atoms with E-state index in [-0.39, 0.29) is 12.1 Å². The van der Waals surface area contributed by atoms with E-state index in [0.717, 1.165) is 24.4 Å². The molecule has 128 valence electrons. The van der Waals surface area contributed by atoms with E-state index in [2.05, 4.69) is 36.1 Å². The lowest BCUT2D eigenvalue weighted by atomic mass is 10.2. The average Bonchev–Trinajstić information content (AvgIpc) is 3.15. The van der Waals surface area contributed by atoms with Crippen molar-refractivity contribution >= 4 is 22.0 Å². The van der Waals surface area contributed by atoms with Gasteiger partial charge < -0.3 is 9.72 Å². The summed E-state index contributed by atoms with van der Waals surface area (Å²) < 4.78 is 6.17. The smallest absolute Gasteiger partial charge is 0.410 e. The highest BCUT2D eigenvalue weighted by Crippen LogP contribution is 2.32. The highest BCUT2D eigenvalue weighted by atomic mass is 79.9. The number of nitrogens with zero attached hydrogens (tertiary/aromatic N) is 4. The first-order chi connectivity index (χ1) is 11.3. The van der Waals surface area contributed by atoms with Gasteiger partial charge >= 0.3 is 6.09 Å². The van der Waals surface area contributed by atoms with Crippen LogP contribution in [0.3, 0.4) is 0 Å². The molecule has 3 heterocycles. The quantitative estimate of drug-likeness (QED) is 0.840. The summed E-state index contributed by atoms with van der Waals surface area (Å²) >= 11 is 3.27. The number of amides is 1. The number of hydrogen-bond donors (Lipinski definition) is 1. The van der Waals surface area contributed by atoms with Gasteiger partial charge in [0.15, 0.2) is 0 Å². The maximum absolute atomic E-state index is 12.4. The van der Waals surface area contributed by atoms with Gasteiger partial charge in [-0.05, 0) is 61.7 Å². The molecule has 0 aliphatic carbocycles. The second kappa shape index (κ2) is 6.51. The Bertz CT molecular complexity index is 723. The van der Waals surface area contributed by atoms with Crippen molar-refractivity contribution in [1.29, 1.82) is 0 Å². The van der Waals surface area contributed by atoms with Gasteiger partial charge in [0, 0.05) is 6.54 Å². The highest BCUT2D eigenvalue weighted by Gasteiger charge is 2.34. The maximum Gasteiger partial charge on any atom is 0.410 e. The number of carbonyl (C=O) groups is 1. The Morgan fingerprint density at radius 1 is 1.38 bits per heavy atom. The zero-order valence-corrected chi connectivity index (χ0v) is 15.5. The van der Waals surface area contributed by atoms with Crippen LogP contribution in [0.4, 0.5) is 4.79 Å². The second-order valence-corrected chi connectivity index (χ2v) is 7.57. The third-order valence-electron chi connectivity index (χ3n) is 3.70. The van der Waals surface area contributed by atoms with E-state index in [1.54, 1.807) is 11.1 Å². The number of hydrogen-bond acceptors (Lipinski definition) is 5. The predicted octanol–water partition coefficient (Wildman–Crippen LogP) is 3.70. The number of H-pyrrole nitrogens is 1. The summed E-state index contributed by atoms with van der Waals surface area (Å²) in [7, 11) is 0. The Morgan fingerprint density at radius 3 is 2.83 bits per heavy atom. The number of ether oxygens (including phenoxy) is 1. The summed E-state index contributed by atoms with van der Waals surface area (Å²) in [6.07, 6.45) is 3.21. The first-order valence-electron chi connectivity index (χ1n) is 7.87. The van der Waals surface area contributed by atoms with E-state index in [0.29, 0.717) is 16.8 Å². The van der Waals surface area contributed by atoms with Crippen LogP contribution in [0, 0.1) is 0 Å². The normalized spacial score (nSPS) is 18.0. The molecule has 3 rings (SSSR count). The molecule has 1 fully saturated rings. The van der Waals surface area contributed by atoms with Crippen LogP contribution >= 0.6 is 15.9 Å². The molecule has 1 aliphatic rings. The van der Waals surface area contributed by atoms with Crippen LogP contribution in [0.2, 0.25) is 0 Å². The van der Waals surface area contributed by atoms with Gasteiger partial charge in [-0.1, -0.05) is 0 Å². The molecular weight excluding hydrogens is 374 g/mol. The van der Waals surface area contributed by atoms with Gasteiger partial charge in [-0.25, -0.2) is 9.78 Å². The van der Waals surface area contributed by atoms with Gasteiger partial charge in [0.2, 0.25) is 0 Å². The molecule has 24 heavy (non-hydrogen) atoms. The topological polar surface area (TPSA) is 84.0 Å². The van der Waals surface area contributed by atoms with Crippen LogP contribution in [0.15, 0.2) is 22.9 Å². The molecule has 0 aromatic carbocycles. The molecule has 0 spiro atoms. The minimum Gasteiger partial charge on any atom is -0.444 e. The Kier molecular flexibility index (Phi) is 4.58. The molecule has 1 amide bonds. The van der Waals surface area contributed by atoms with Crippen molar-refractivity contribution in [3.63, 3.8) is 0 Å². The average molecular weight is 394 g/mol. The first-order valence-corrected chi connectivity index (χ1v) is 8.67. The first kappa shape index (κ1) is 16.9. The van der Waals surface area contributed by atoms with E-state index < -0.39 is 5.60 Å². The molecule has 0 saturated carbocycles. The molecule has 8 heteroatoms. The number of nitrogens with one attached hydrogen (secondary N) is 1. The predicted molar refractivity (Wildman–Crippen MR) is 92.2 cm³/mol. The van der Waals surface area contributed by atoms with Gasteiger partial charge in [0.25, 0.3) is 0 Å². The SMILES string of the molecule is CC(C)(C)OC(=O)N1CCC[C@H]1c1ncc(-c2ccc(Br)nn2)[nH]1. The zero-order valence-electron chi connectivity index (χ0n) is 13.9. The Hall–Kier alpha value is -1.96. The minimum atomic E-state index is -0.508. The van der Waals surface area contributed by atoms with Crippen molar-refractivity contribution in [1.82, 2.24) is 25.1 Å². The molecule has 0 bridgehead atoms. The third-order valence-corrected chi connectivity index (χ3v) is 4.12. The van der Waals surface area contributed by atoms with Crippen LogP contribution in [0.5, 0.6) is 0 Å². The summed E-state index contributed by atoms with van der Waals surface area (Å²) in [5, 5.41) is 8.10. The van der Waals surface area contributed by atoms with E-state index >= 15 is 0 Å². The van der Waals surface area contributed by atoms with Crippen molar-refractivity contribution in [2.45, 2.75) is 45.3 Å². The molecule has 1 saturated heterocycles. The fourth-order valence-corrected chi connectivity index (χ4v) is 2.90. The van der Waals surface area contributed by atoms with Crippen molar-refractivity contribution in [3.05, 3.63) is 28.8 Å². The number of aromatic nitrogens is 4. The van der Waals surface area contributed by atoms with Gasteiger partial charge in [-0.2, -0.15) is 0 Å². The number of likely N-dealkylation sites (tertiary alicyclic amines) is 1. The number of aromatic amines is 1. The second-order valence-electron chi connectivity index (χ2n) is 6.76. The minimum absolute atomic E-state index is 0.1000. The van der Waals surface area contributed by atoms with E-state index in [4.69, 9.17) is 4.74 Å². The van der Waals surface area contributed by atoms with Gasteiger partial charge in [-0.15, -0.1) is 10.2 Å². The van der Waals surface area contributed by atoms with Crippen molar-refractivity contribution < 1.29 is 9.53 Å². The molecule has 0 radical (unpaired) electrons. The van der Waals surface area contributed by atoms with Crippen LogP contribution in [-0.2, 0) is 4.74 Å². The van der Waals surface area contributed by atoms with Gasteiger partial charge in [0.05, 0.1) is 17.9 Å². The van der Waals surface area contributed by atoms with Crippen molar-refractivity contribution in [2.75, 3.05) is 6.54 Å². The van der Waals surface area contributed by atoms with Crippen LogP contribution in [0.25, 0.3) is 11.4 Å². The molecule has 1 N–H and O–H groups in total. The van der Waals surface area contributed by atoms with Gasteiger partial charge in [-0.3, -0.25) is 4.90 Å². The molecule has 0 unspecified atom stereocenters. The zero-order chi connectivity index (χ0) is 17.3. The lowest BCUT2D eigenvalue weighted by molar-refractivity contribution is 0.0219. The highest BCUT2D eigenvalue weighted by molar-refractivity contribution is 9.10. The summed E-state index contributed by atoms with van der Waals surface area (Å²) in [6, 6.07) is 3.58. The van der Waals surface area contributed by atoms with Crippen molar-refractivity contribution in [2.24, 2.45) is 0 Å². The molecule has 1 atom stereocenters. The number of halogens is 1. The summed E-state index contributed by atoms with van der Waals surface area (Å²) in [4.78, 5) is 21.8. The fourth-order valence-electron chi connectivity index (χ4n) is 2.69. The van der Waals surface area contributed by atoms with Crippen molar-refractivity contribution in [3.8, 4) is 11.4 Å². The van der Waals surface area contributed by atoms with Crippen LogP contribution in [-0.4, -0.2) is 43.3 Å².